The third-order valence-electron chi connectivity index (χ3n) is 2.73. The van der Waals surface area contributed by atoms with Gasteiger partial charge in [-0.2, -0.15) is 0 Å². The molecule has 1 fully saturated rings. The van der Waals surface area contributed by atoms with E-state index in [1.165, 1.54) is 9.80 Å². The Morgan fingerprint density at radius 3 is 2.24 bits per heavy atom. The zero-order valence-corrected chi connectivity index (χ0v) is 9.96. The lowest BCUT2D eigenvalue weighted by Crippen LogP contribution is -2.57. The lowest BCUT2D eigenvalue weighted by molar-refractivity contribution is 0.00815. The number of piperazine rings is 1. The lowest BCUT2D eigenvalue weighted by atomic mass is 9.96. The van der Waals surface area contributed by atoms with Crippen molar-refractivity contribution in [2.24, 2.45) is 0 Å². The zero-order chi connectivity index (χ0) is 13.2. The van der Waals surface area contributed by atoms with Gasteiger partial charge in [0.1, 0.15) is 0 Å². The van der Waals surface area contributed by atoms with Gasteiger partial charge in [0.15, 0.2) is 0 Å². The summed E-state index contributed by atoms with van der Waals surface area (Å²) in [6.07, 6.45) is -1.93. The third kappa shape index (κ3) is 3.77. The van der Waals surface area contributed by atoms with Crippen LogP contribution in [-0.2, 0) is 0 Å². The highest BCUT2D eigenvalue weighted by molar-refractivity contribution is 5.68. The summed E-state index contributed by atoms with van der Waals surface area (Å²) < 4.78 is 0. The summed E-state index contributed by atoms with van der Waals surface area (Å²) in [7, 11) is 0. The summed E-state index contributed by atoms with van der Waals surface area (Å²) in [5.74, 6) is 0. The van der Waals surface area contributed by atoms with Gasteiger partial charge in [-0.1, -0.05) is 0 Å². The van der Waals surface area contributed by atoms with Crippen LogP contribution >= 0.6 is 0 Å². The third-order valence-corrected chi connectivity index (χ3v) is 2.73. The number of carbonyl (C=O) groups is 2. The van der Waals surface area contributed by atoms with E-state index < -0.39 is 23.8 Å². The fraction of sp³-hybridized carbons (Fsp3) is 0.800. The van der Waals surface area contributed by atoms with E-state index >= 15 is 0 Å². The predicted molar refractivity (Wildman–Crippen MR) is 59.0 cm³/mol. The number of nitrogens with zero attached hydrogens (tertiary/aromatic N) is 2. The molecule has 1 aliphatic heterocycles. The monoisotopic (exact) mass is 246 g/mol. The first-order valence-corrected chi connectivity index (χ1v) is 5.40. The smallest absolute Gasteiger partial charge is 0.407 e. The van der Waals surface area contributed by atoms with Crippen molar-refractivity contribution in [3.8, 4) is 0 Å². The van der Waals surface area contributed by atoms with Gasteiger partial charge in [-0.05, 0) is 20.3 Å². The Balaban J connectivity index is 2.76. The number of amides is 2. The minimum atomic E-state index is -1.08. The summed E-state index contributed by atoms with van der Waals surface area (Å²) >= 11 is 0. The maximum atomic E-state index is 11.0. The van der Waals surface area contributed by atoms with Gasteiger partial charge < -0.3 is 25.1 Å². The molecule has 17 heavy (non-hydrogen) atoms. The second-order valence-corrected chi connectivity index (χ2v) is 4.87. The van der Waals surface area contributed by atoms with Crippen LogP contribution in [0.1, 0.15) is 20.3 Å². The Kier molecular flexibility index (Phi) is 3.82. The molecule has 1 unspecified atom stereocenters. The summed E-state index contributed by atoms with van der Waals surface area (Å²) in [6, 6.07) is -0.502. The van der Waals surface area contributed by atoms with E-state index in [9.17, 15) is 14.7 Å². The standard InChI is InChI=1S/C10H18N2O5/c1-10(2,17)5-7-6-11(8(13)14)3-4-12(7)9(15)16/h7,17H,3-6H2,1-2H3,(H,13,14)(H,15,16). The van der Waals surface area contributed by atoms with Gasteiger partial charge in [0.25, 0.3) is 0 Å². The van der Waals surface area contributed by atoms with Crippen LogP contribution in [0.2, 0.25) is 0 Å². The summed E-state index contributed by atoms with van der Waals surface area (Å²) in [6.45, 7) is 3.57. The van der Waals surface area contributed by atoms with Crippen molar-refractivity contribution in [2.75, 3.05) is 19.6 Å². The molecule has 0 aromatic heterocycles. The summed E-state index contributed by atoms with van der Waals surface area (Å²) in [5.41, 5.74) is -1.03. The fourth-order valence-corrected chi connectivity index (χ4v) is 2.03. The van der Waals surface area contributed by atoms with E-state index in [1.54, 1.807) is 13.8 Å². The van der Waals surface area contributed by atoms with Crippen LogP contribution in [0.3, 0.4) is 0 Å². The van der Waals surface area contributed by atoms with Gasteiger partial charge >= 0.3 is 12.2 Å². The Bertz CT molecular complexity index is 312. The number of aliphatic hydroxyl groups is 1. The maximum Gasteiger partial charge on any atom is 0.407 e. The lowest BCUT2D eigenvalue weighted by Gasteiger charge is -2.40. The SMILES string of the molecule is CC(C)(O)CC1CN(C(=O)O)CCN1C(=O)O. The van der Waals surface area contributed by atoms with Crippen molar-refractivity contribution >= 4 is 12.2 Å². The number of carboxylic acid groups (broad SMARTS) is 2. The average Bonchev–Trinajstić information content (AvgIpc) is 2.14. The van der Waals surface area contributed by atoms with Gasteiger partial charge in [-0.15, -0.1) is 0 Å². The van der Waals surface area contributed by atoms with Crippen LogP contribution in [0.25, 0.3) is 0 Å². The minimum Gasteiger partial charge on any atom is -0.465 e. The van der Waals surface area contributed by atoms with Gasteiger partial charge in [0.05, 0.1) is 11.6 Å². The maximum absolute atomic E-state index is 11.0. The second-order valence-electron chi connectivity index (χ2n) is 4.87. The molecule has 0 bridgehead atoms. The van der Waals surface area contributed by atoms with Crippen LogP contribution in [0.15, 0.2) is 0 Å². The molecule has 1 aliphatic rings. The van der Waals surface area contributed by atoms with Crippen molar-refractivity contribution in [3.63, 3.8) is 0 Å². The molecule has 2 amide bonds. The first-order chi connectivity index (χ1) is 7.70. The highest BCUT2D eigenvalue weighted by atomic mass is 16.4. The normalized spacial score (nSPS) is 21.5. The van der Waals surface area contributed by atoms with Crippen molar-refractivity contribution in [1.82, 2.24) is 9.80 Å². The molecule has 0 aliphatic carbocycles. The van der Waals surface area contributed by atoms with E-state index in [4.69, 9.17) is 10.2 Å². The van der Waals surface area contributed by atoms with Crippen LogP contribution in [0.4, 0.5) is 9.59 Å². The Labute approximate surface area is 99.2 Å². The molecule has 0 aromatic rings. The Morgan fingerprint density at radius 2 is 1.82 bits per heavy atom. The van der Waals surface area contributed by atoms with Crippen LogP contribution < -0.4 is 0 Å². The molecular formula is C10H18N2O5. The van der Waals surface area contributed by atoms with Gasteiger partial charge in [-0.25, -0.2) is 9.59 Å². The quantitative estimate of drug-likeness (QED) is 0.658. The van der Waals surface area contributed by atoms with Crippen molar-refractivity contribution in [3.05, 3.63) is 0 Å². The zero-order valence-electron chi connectivity index (χ0n) is 9.96. The topological polar surface area (TPSA) is 101 Å². The second kappa shape index (κ2) is 4.79. The van der Waals surface area contributed by atoms with Crippen LogP contribution in [0, 0.1) is 0 Å². The van der Waals surface area contributed by atoms with E-state index in [0.717, 1.165) is 0 Å². The molecule has 1 rings (SSSR count). The molecule has 1 saturated heterocycles. The first-order valence-electron chi connectivity index (χ1n) is 5.40. The molecular weight excluding hydrogens is 228 g/mol. The van der Waals surface area contributed by atoms with Gasteiger partial charge in [-0.3, -0.25) is 0 Å². The molecule has 0 radical (unpaired) electrons. The van der Waals surface area contributed by atoms with Crippen molar-refractivity contribution in [1.29, 1.82) is 0 Å². The Hall–Kier alpha value is -1.50. The van der Waals surface area contributed by atoms with E-state index in [1.807, 2.05) is 0 Å². The first kappa shape index (κ1) is 13.6. The summed E-state index contributed by atoms with van der Waals surface area (Å²) in [5, 5.41) is 27.6. The molecule has 7 heteroatoms. The average molecular weight is 246 g/mol. The van der Waals surface area contributed by atoms with Crippen LogP contribution in [-0.4, -0.2) is 68.6 Å². The number of rotatable bonds is 2. The van der Waals surface area contributed by atoms with Gasteiger partial charge in [0.2, 0.25) is 0 Å². The molecule has 1 atom stereocenters. The molecule has 7 nitrogen and oxygen atoms in total. The minimum absolute atomic E-state index is 0.103. The van der Waals surface area contributed by atoms with Gasteiger partial charge in [0, 0.05) is 19.6 Å². The molecule has 0 spiro atoms. The van der Waals surface area contributed by atoms with Crippen molar-refractivity contribution in [2.45, 2.75) is 31.9 Å². The van der Waals surface area contributed by atoms with Crippen LogP contribution in [0.5, 0.6) is 0 Å². The largest absolute Gasteiger partial charge is 0.465 e. The highest BCUT2D eigenvalue weighted by Gasteiger charge is 2.35. The highest BCUT2D eigenvalue weighted by Crippen LogP contribution is 2.20. The predicted octanol–water partition coefficient (Wildman–Crippen LogP) is 0.490. The molecule has 0 aromatic carbocycles. The van der Waals surface area contributed by atoms with E-state index in [2.05, 4.69) is 0 Å². The molecule has 98 valence electrons. The molecule has 3 N–H and O–H groups in total. The number of hydrogen-bond acceptors (Lipinski definition) is 3. The van der Waals surface area contributed by atoms with E-state index in [-0.39, 0.29) is 26.1 Å². The Morgan fingerprint density at radius 1 is 1.24 bits per heavy atom. The molecule has 1 heterocycles. The number of hydrogen-bond donors (Lipinski definition) is 3. The van der Waals surface area contributed by atoms with E-state index in [0.29, 0.717) is 0 Å². The molecule has 0 saturated carbocycles. The van der Waals surface area contributed by atoms with Crippen molar-refractivity contribution < 1.29 is 24.9 Å². The fourth-order valence-electron chi connectivity index (χ4n) is 2.03. The summed E-state index contributed by atoms with van der Waals surface area (Å²) in [4.78, 5) is 24.2.